The number of nitrogens with zero attached hydrogens (tertiary/aromatic N) is 3. The van der Waals surface area contributed by atoms with Gasteiger partial charge in [0, 0.05) is 29.3 Å². The SMILES string of the molecule is Cn1c(SCc2c(F)cccc2Cl)nnc1[C@@H]1CCS(=O)(=O)C1. The van der Waals surface area contributed by atoms with E-state index in [-0.39, 0.29) is 23.2 Å². The number of hydrogen-bond donors (Lipinski definition) is 0. The van der Waals surface area contributed by atoms with E-state index in [0.717, 1.165) is 0 Å². The Labute approximate surface area is 143 Å². The van der Waals surface area contributed by atoms with Crippen LogP contribution in [0.1, 0.15) is 23.7 Å². The highest BCUT2D eigenvalue weighted by atomic mass is 35.5. The minimum Gasteiger partial charge on any atom is -0.309 e. The van der Waals surface area contributed by atoms with Crippen LogP contribution < -0.4 is 0 Å². The van der Waals surface area contributed by atoms with Crippen molar-refractivity contribution >= 4 is 33.2 Å². The average molecular weight is 376 g/mol. The number of thioether (sulfide) groups is 1. The quantitative estimate of drug-likeness (QED) is 0.769. The molecule has 0 N–H and O–H groups in total. The summed E-state index contributed by atoms with van der Waals surface area (Å²) in [4.78, 5) is 0. The minimum absolute atomic E-state index is 0.114. The van der Waals surface area contributed by atoms with Crippen molar-refractivity contribution < 1.29 is 12.8 Å². The first-order valence-electron chi connectivity index (χ1n) is 7.03. The molecule has 124 valence electrons. The maximum Gasteiger partial charge on any atom is 0.191 e. The molecule has 2 aromatic rings. The van der Waals surface area contributed by atoms with Gasteiger partial charge < -0.3 is 4.57 Å². The van der Waals surface area contributed by atoms with Gasteiger partial charge in [0.1, 0.15) is 11.6 Å². The summed E-state index contributed by atoms with van der Waals surface area (Å²) in [5, 5.41) is 9.21. The second-order valence-electron chi connectivity index (χ2n) is 5.49. The van der Waals surface area contributed by atoms with Crippen LogP contribution >= 0.6 is 23.4 Å². The summed E-state index contributed by atoms with van der Waals surface area (Å²) in [7, 11) is -1.18. The Balaban J connectivity index is 1.75. The lowest BCUT2D eigenvalue weighted by atomic mass is 10.1. The van der Waals surface area contributed by atoms with E-state index in [0.29, 0.717) is 33.7 Å². The van der Waals surface area contributed by atoms with Gasteiger partial charge in [-0.3, -0.25) is 0 Å². The van der Waals surface area contributed by atoms with Gasteiger partial charge in [-0.2, -0.15) is 0 Å². The van der Waals surface area contributed by atoms with Gasteiger partial charge in [-0.1, -0.05) is 29.4 Å². The van der Waals surface area contributed by atoms with Crippen LogP contribution in [-0.4, -0.2) is 34.7 Å². The van der Waals surface area contributed by atoms with Crippen molar-refractivity contribution in [1.82, 2.24) is 14.8 Å². The van der Waals surface area contributed by atoms with Gasteiger partial charge in [-0.25, -0.2) is 12.8 Å². The number of hydrogen-bond acceptors (Lipinski definition) is 5. The third kappa shape index (κ3) is 3.54. The van der Waals surface area contributed by atoms with Crippen molar-refractivity contribution in [3.8, 4) is 0 Å². The van der Waals surface area contributed by atoms with Crippen molar-refractivity contribution in [2.75, 3.05) is 11.5 Å². The van der Waals surface area contributed by atoms with Crippen molar-refractivity contribution in [3.05, 3.63) is 40.4 Å². The molecule has 0 amide bonds. The zero-order chi connectivity index (χ0) is 16.6. The van der Waals surface area contributed by atoms with Crippen LogP contribution in [0, 0.1) is 5.82 Å². The Hall–Kier alpha value is -1.12. The molecular weight excluding hydrogens is 361 g/mol. The van der Waals surface area contributed by atoms with Crippen LogP contribution in [-0.2, 0) is 22.6 Å². The molecule has 1 aliphatic heterocycles. The van der Waals surface area contributed by atoms with E-state index in [4.69, 9.17) is 11.6 Å². The summed E-state index contributed by atoms with van der Waals surface area (Å²) >= 11 is 7.34. The maximum atomic E-state index is 13.8. The molecule has 3 rings (SSSR count). The fourth-order valence-electron chi connectivity index (χ4n) is 2.61. The van der Waals surface area contributed by atoms with Gasteiger partial charge in [0.05, 0.1) is 11.5 Å². The van der Waals surface area contributed by atoms with E-state index < -0.39 is 9.84 Å². The summed E-state index contributed by atoms with van der Waals surface area (Å²) in [6, 6.07) is 4.58. The Morgan fingerprint density at radius 2 is 2.22 bits per heavy atom. The number of rotatable bonds is 4. The third-order valence-corrected chi connectivity index (χ3v) is 7.04. The molecule has 0 bridgehead atoms. The zero-order valence-corrected chi connectivity index (χ0v) is 14.8. The second-order valence-corrected chi connectivity index (χ2v) is 9.07. The molecule has 9 heteroatoms. The number of aromatic nitrogens is 3. The van der Waals surface area contributed by atoms with Crippen molar-refractivity contribution in [2.45, 2.75) is 23.2 Å². The van der Waals surface area contributed by atoms with Crippen molar-refractivity contribution in [1.29, 1.82) is 0 Å². The molecule has 0 aliphatic carbocycles. The van der Waals surface area contributed by atoms with Gasteiger partial charge in [-0.05, 0) is 18.6 Å². The van der Waals surface area contributed by atoms with E-state index >= 15 is 0 Å². The van der Waals surface area contributed by atoms with E-state index in [1.54, 1.807) is 23.7 Å². The van der Waals surface area contributed by atoms with E-state index in [1.807, 2.05) is 0 Å². The summed E-state index contributed by atoms with van der Waals surface area (Å²) in [5.74, 6) is 0.826. The summed E-state index contributed by atoms with van der Waals surface area (Å²) in [6.07, 6.45) is 0.568. The molecule has 5 nitrogen and oxygen atoms in total. The van der Waals surface area contributed by atoms with E-state index in [2.05, 4.69) is 10.2 Å². The fraction of sp³-hybridized carbons (Fsp3) is 0.429. The van der Waals surface area contributed by atoms with E-state index in [1.165, 1.54) is 17.8 Å². The third-order valence-electron chi connectivity index (χ3n) is 3.87. The highest BCUT2D eigenvalue weighted by Gasteiger charge is 2.32. The lowest BCUT2D eigenvalue weighted by Gasteiger charge is -2.08. The first kappa shape index (κ1) is 16.7. The lowest BCUT2D eigenvalue weighted by Crippen LogP contribution is -2.09. The van der Waals surface area contributed by atoms with Crippen molar-refractivity contribution in [3.63, 3.8) is 0 Å². The molecule has 2 heterocycles. The van der Waals surface area contributed by atoms with Gasteiger partial charge >= 0.3 is 0 Å². The molecule has 23 heavy (non-hydrogen) atoms. The summed E-state index contributed by atoms with van der Waals surface area (Å²) in [6.45, 7) is 0. The molecule has 1 fully saturated rings. The highest BCUT2D eigenvalue weighted by Crippen LogP contribution is 2.31. The molecule has 0 radical (unpaired) electrons. The zero-order valence-electron chi connectivity index (χ0n) is 12.4. The maximum absolute atomic E-state index is 13.8. The molecule has 1 aromatic heterocycles. The van der Waals surface area contributed by atoms with Crippen LogP contribution in [0.3, 0.4) is 0 Å². The van der Waals surface area contributed by atoms with Gasteiger partial charge in [0.15, 0.2) is 15.0 Å². The van der Waals surface area contributed by atoms with Crippen LogP contribution in [0.2, 0.25) is 5.02 Å². The predicted molar refractivity (Wildman–Crippen MR) is 88.0 cm³/mol. The molecular formula is C14H15ClFN3O2S2. The predicted octanol–water partition coefficient (Wildman–Crippen LogP) is 2.80. The normalized spacial score (nSPS) is 20.0. The minimum atomic E-state index is -2.97. The van der Waals surface area contributed by atoms with Gasteiger partial charge in [-0.15, -0.1) is 10.2 Å². The Morgan fingerprint density at radius 1 is 1.43 bits per heavy atom. The lowest BCUT2D eigenvalue weighted by molar-refractivity contribution is 0.599. The molecule has 0 spiro atoms. The Kier molecular flexibility index (Phi) is 4.66. The molecule has 0 saturated carbocycles. The number of sulfone groups is 1. The van der Waals surface area contributed by atoms with Crippen LogP contribution in [0.5, 0.6) is 0 Å². The Bertz CT molecular complexity index is 818. The molecule has 0 unspecified atom stereocenters. The van der Waals surface area contributed by atoms with E-state index in [9.17, 15) is 12.8 Å². The smallest absolute Gasteiger partial charge is 0.191 e. The molecule has 1 saturated heterocycles. The monoisotopic (exact) mass is 375 g/mol. The summed E-state index contributed by atoms with van der Waals surface area (Å²) in [5.41, 5.74) is 0.423. The fourth-order valence-corrected chi connectivity index (χ4v) is 5.61. The number of benzene rings is 1. The van der Waals surface area contributed by atoms with Gasteiger partial charge in [0.2, 0.25) is 0 Å². The first-order valence-corrected chi connectivity index (χ1v) is 10.2. The second kappa shape index (κ2) is 6.41. The first-order chi connectivity index (χ1) is 10.9. The number of halogens is 2. The molecule has 1 atom stereocenters. The van der Waals surface area contributed by atoms with Crippen LogP contribution in [0.25, 0.3) is 0 Å². The largest absolute Gasteiger partial charge is 0.309 e. The average Bonchev–Trinajstić information content (AvgIpc) is 3.01. The van der Waals surface area contributed by atoms with Crippen molar-refractivity contribution in [2.24, 2.45) is 7.05 Å². The molecule has 1 aromatic carbocycles. The topological polar surface area (TPSA) is 64.8 Å². The van der Waals surface area contributed by atoms with Gasteiger partial charge in [0.25, 0.3) is 0 Å². The van der Waals surface area contributed by atoms with Crippen LogP contribution in [0.15, 0.2) is 23.4 Å². The van der Waals surface area contributed by atoms with Crippen LogP contribution in [0.4, 0.5) is 4.39 Å². The standard InChI is InChI=1S/C14H15ClFN3O2S2/c1-19-13(9-5-6-23(20,21)8-9)17-18-14(19)22-7-10-11(15)3-2-4-12(10)16/h2-4,9H,5-8H2,1H3/t9-/m1/s1. The summed E-state index contributed by atoms with van der Waals surface area (Å²) < 4.78 is 38.8. The Morgan fingerprint density at radius 3 is 2.87 bits per heavy atom. The molecule has 1 aliphatic rings. The highest BCUT2D eigenvalue weighted by molar-refractivity contribution is 7.98.